The Labute approximate surface area is 499 Å². The summed E-state index contributed by atoms with van der Waals surface area (Å²) in [5.74, 6) is -3.42. The van der Waals surface area contributed by atoms with Crippen molar-refractivity contribution >= 4 is 115 Å². The zero-order chi connectivity index (χ0) is 58.9. The number of benzene rings is 1. The Morgan fingerprint density at radius 1 is 0.675 bits per heavy atom. The molecule has 0 unspecified atom stereocenters. The lowest BCUT2D eigenvalue weighted by Crippen LogP contribution is -2.40. The number of aliphatic hydroxyl groups excluding tert-OH is 1. The Kier molecular flexibility index (Phi) is 19.6. The predicted octanol–water partition coefficient (Wildman–Crippen LogP) is 7.98. The number of carbonyl (C=O) groups excluding carboxylic acids is 7. The number of ether oxygens (including phenoxy) is 2. The number of unbranched alkanes of at least 4 members (excludes halogenated alkanes) is 1. The molecule has 1 aromatic carbocycles. The quantitative estimate of drug-likeness (QED) is 0.0401. The molecule has 1 aliphatic heterocycles. The molecule has 7 aromatic heterocycles. The summed E-state index contributed by atoms with van der Waals surface area (Å²) in [6.45, 7) is 4.96. The number of anilines is 1. The molecule has 9 rings (SSSR count). The van der Waals surface area contributed by atoms with E-state index in [1.54, 1.807) is 70.9 Å². The number of hydrogen-bond donors (Lipinski definition) is 7. The minimum absolute atomic E-state index is 0.00165. The first-order chi connectivity index (χ1) is 40.0. The fourth-order valence-corrected chi connectivity index (χ4v) is 14.0. The first-order valence-corrected chi connectivity index (χ1v) is 31.0. The van der Waals surface area contributed by atoms with Crippen LogP contribution in [0.2, 0.25) is 0 Å². The smallest absolute Gasteiger partial charge is 0.305 e. The molecule has 0 aliphatic carbocycles. The van der Waals surface area contributed by atoms with E-state index in [9.17, 15) is 38.7 Å². The lowest BCUT2D eigenvalue weighted by atomic mass is 10.0. The summed E-state index contributed by atoms with van der Waals surface area (Å²) in [4.78, 5) is 129. The maximum absolute atomic E-state index is 14.3. The standard InChI is InChI=1S/C54H55N13O10S6/c1-25(2)40-54-67-43(34(83-54)20-76-5)47(74)56-19-38(70)64-44(45(72)27-12-8-7-9-13-27)53-61-33(23-80-53)51-59-31(21-79-51)42-28(16-17-29(57-42)50-63-35(24-81-50)62-36(68)14-10-11-15-39(71)77-6)49-60-32(22-78-49)46(73)58-30(18-37(69)55-4)52-66-41(26(3)82-52)48(75)65-40/h7-9,12-13,16-17,21-25,30,40,44-45,72H,10-11,14-15,18-20H2,1-6H3,(H,55,69)(H,56,74)(H,58,73)(H,62,68)(H,64,70)(H,65,75)/t30-,40+,44-,45-/m0/s1. The number of aryl methyl sites for hydroxylation is 1. The van der Waals surface area contributed by atoms with E-state index in [-0.39, 0.29) is 60.7 Å². The van der Waals surface area contributed by atoms with Crippen molar-refractivity contribution in [1.29, 1.82) is 0 Å². The second-order valence-electron chi connectivity index (χ2n) is 19.0. The van der Waals surface area contributed by atoms with Crippen LogP contribution in [0.3, 0.4) is 0 Å². The van der Waals surface area contributed by atoms with Crippen LogP contribution in [0.5, 0.6) is 0 Å². The molecule has 7 N–H and O–H groups in total. The van der Waals surface area contributed by atoms with Gasteiger partial charge in [-0.05, 0) is 43.4 Å². The predicted molar refractivity (Wildman–Crippen MR) is 316 cm³/mol. The summed E-state index contributed by atoms with van der Waals surface area (Å²) in [6, 6.07) is 9.51. The van der Waals surface area contributed by atoms with Gasteiger partial charge >= 0.3 is 5.97 Å². The van der Waals surface area contributed by atoms with Crippen molar-refractivity contribution in [3.05, 3.63) is 111 Å². The summed E-state index contributed by atoms with van der Waals surface area (Å²) in [5.41, 5.74) is 2.75. The van der Waals surface area contributed by atoms with Gasteiger partial charge in [0.2, 0.25) is 17.7 Å². The van der Waals surface area contributed by atoms with Gasteiger partial charge in [-0.1, -0.05) is 44.2 Å². The summed E-state index contributed by atoms with van der Waals surface area (Å²) in [6.07, 6.45) is -0.142. The van der Waals surface area contributed by atoms with Gasteiger partial charge in [-0.15, -0.1) is 68.0 Å². The zero-order valence-electron chi connectivity index (χ0n) is 45.4. The van der Waals surface area contributed by atoms with Crippen LogP contribution in [-0.2, 0) is 35.3 Å². The van der Waals surface area contributed by atoms with Crippen molar-refractivity contribution in [1.82, 2.24) is 61.5 Å². The van der Waals surface area contributed by atoms with Crippen LogP contribution in [0.25, 0.3) is 43.4 Å². The molecule has 4 atom stereocenters. The third-order valence-corrected chi connectivity index (χ3v) is 18.5. The summed E-state index contributed by atoms with van der Waals surface area (Å²) in [7, 11) is 4.26. The molecule has 83 heavy (non-hydrogen) atoms. The number of pyridine rings is 1. The van der Waals surface area contributed by atoms with E-state index in [4.69, 9.17) is 29.4 Å². The lowest BCUT2D eigenvalue weighted by Gasteiger charge is -2.23. The van der Waals surface area contributed by atoms with Crippen molar-refractivity contribution in [3.63, 3.8) is 0 Å². The minimum Gasteiger partial charge on any atom is -0.469 e. The highest BCUT2D eigenvalue weighted by atomic mass is 32.1. The van der Waals surface area contributed by atoms with Gasteiger partial charge < -0.3 is 46.5 Å². The molecule has 23 nitrogen and oxygen atoms in total. The Morgan fingerprint density at radius 3 is 2.14 bits per heavy atom. The van der Waals surface area contributed by atoms with E-state index in [0.717, 1.165) is 11.3 Å². The summed E-state index contributed by atoms with van der Waals surface area (Å²) in [5, 5.41) is 38.0. The number of nitrogens with one attached hydrogen (secondary N) is 6. The number of nitrogens with zero attached hydrogens (tertiary/aromatic N) is 7. The number of aliphatic hydroxyl groups is 1. The Hall–Kier alpha value is -7.64. The number of rotatable bonds is 14. The average molecular weight is 1240 g/mol. The van der Waals surface area contributed by atoms with Gasteiger partial charge in [-0.25, -0.2) is 34.9 Å². The van der Waals surface area contributed by atoms with Crippen molar-refractivity contribution in [3.8, 4) is 43.4 Å². The van der Waals surface area contributed by atoms with Crippen LogP contribution in [0.15, 0.2) is 64.0 Å². The second-order valence-corrected chi connectivity index (χ2v) is 24.8. The fourth-order valence-electron chi connectivity index (χ4n) is 8.50. The van der Waals surface area contributed by atoms with Crippen molar-refractivity contribution in [2.24, 2.45) is 5.92 Å². The molecule has 0 radical (unpaired) electrons. The van der Waals surface area contributed by atoms with Gasteiger partial charge in [0.1, 0.15) is 82.2 Å². The van der Waals surface area contributed by atoms with Gasteiger partial charge in [0, 0.05) is 59.0 Å². The van der Waals surface area contributed by atoms with Gasteiger partial charge in [0.15, 0.2) is 0 Å². The van der Waals surface area contributed by atoms with E-state index in [1.807, 2.05) is 13.8 Å². The third-order valence-electron chi connectivity index (χ3n) is 12.8. The molecular weight excluding hydrogens is 1180 g/mol. The monoisotopic (exact) mass is 1240 g/mol. The maximum Gasteiger partial charge on any atom is 0.305 e. The van der Waals surface area contributed by atoms with Crippen LogP contribution in [-0.4, -0.2) is 109 Å². The molecule has 432 valence electrons. The van der Waals surface area contributed by atoms with Crippen LogP contribution < -0.4 is 31.9 Å². The second kappa shape index (κ2) is 27.2. The van der Waals surface area contributed by atoms with Gasteiger partial charge in [-0.3, -0.25) is 33.6 Å². The first-order valence-electron chi connectivity index (χ1n) is 25.8. The van der Waals surface area contributed by atoms with Crippen LogP contribution >= 0.6 is 68.0 Å². The third kappa shape index (κ3) is 14.4. The van der Waals surface area contributed by atoms with E-state index < -0.39 is 60.3 Å². The molecule has 0 spiro atoms. The van der Waals surface area contributed by atoms with E-state index in [1.165, 1.54) is 78.0 Å². The van der Waals surface area contributed by atoms with Crippen LogP contribution in [0, 0.1) is 12.8 Å². The Balaban J connectivity index is 1.10. The number of aromatic nitrogens is 7. The lowest BCUT2D eigenvalue weighted by molar-refractivity contribution is -0.140. The maximum atomic E-state index is 14.3. The van der Waals surface area contributed by atoms with Gasteiger partial charge in [0.25, 0.3) is 17.7 Å². The Morgan fingerprint density at radius 2 is 1.39 bits per heavy atom. The average Bonchev–Trinajstić information content (AvgIpc) is 4.32. The number of esters is 1. The molecular formula is C54H55N13O10S6. The summed E-state index contributed by atoms with van der Waals surface area (Å²) < 4.78 is 10.1. The number of thiazole rings is 6. The van der Waals surface area contributed by atoms with Gasteiger partial charge in [0.05, 0.1) is 49.3 Å². The highest BCUT2D eigenvalue weighted by molar-refractivity contribution is 7.15. The van der Waals surface area contributed by atoms with E-state index in [0.29, 0.717) is 92.4 Å². The van der Waals surface area contributed by atoms with Crippen molar-refractivity contribution < 1.29 is 48.1 Å². The summed E-state index contributed by atoms with van der Waals surface area (Å²) >= 11 is 7.20. The largest absolute Gasteiger partial charge is 0.469 e. The normalized spacial score (nSPS) is 16.3. The molecule has 29 heteroatoms. The molecule has 10 bridgehead atoms. The molecule has 8 aromatic rings. The highest BCUT2D eigenvalue weighted by Gasteiger charge is 2.33. The Bertz CT molecular complexity index is 3680. The van der Waals surface area contributed by atoms with Gasteiger partial charge in [-0.2, -0.15) is 0 Å². The number of carbonyl (C=O) groups is 7. The van der Waals surface area contributed by atoms with Crippen LogP contribution in [0.1, 0.15) is 132 Å². The van der Waals surface area contributed by atoms with E-state index in [2.05, 4.69) is 46.9 Å². The number of amides is 6. The van der Waals surface area contributed by atoms with Crippen molar-refractivity contribution in [2.45, 2.75) is 83.7 Å². The van der Waals surface area contributed by atoms with Crippen molar-refractivity contribution in [2.75, 3.05) is 33.1 Å². The minimum atomic E-state index is -1.28. The topological polar surface area (TPSA) is 321 Å². The number of hydrogen-bond acceptors (Lipinski definition) is 23. The molecule has 8 heterocycles. The molecule has 0 saturated carbocycles. The highest BCUT2D eigenvalue weighted by Crippen LogP contribution is 2.40. The number of fused-ring (bicyclic) bond motifs is 14. The van der Waals surface area contributed by atoms with Crippen LogP contribution in [0.4, 0.5) is 5.82 Å². The fraction of sp³-hybridized carbons (Fsp3) is 0.333. The molecule has 1 aliphatic rings. The first kappa shape index (κ1) is 60.0. The molecule has 0 saturated heterocycles. The number of methoxy groups -OCH3 is 2. The van der Waals surface area contributed by atoms with E-state index >= 15 is 0 Å². The molecule has 6 amide bonds. The molecule has 0 fully saturated rings. The zero-order valence-corrected chi connectivity index (χ0v) is 50.3. The SMILES string of the molecule is CNC(=O)C[C@@H]1NC(=O)c2csc(n2)-c2ccc(-c3nc(NC(=O)CCCCC(=O)OC)cs3)nc2-c2csc(n2)-c2csc(n2)[C@H]([C@@H](O)c2ccccc2)NC(=O)CNC(=O)c2nc(sc2COC)[C@@H](C(C)C)NC(=O)c2nc1sc2C.